The van der Waals surface area contributed by atoms with Crippen molar-refractivity contribution in [3.8, 4) is 0 Å². The third kappa shape index (κ3) is 30.9. The lowest BCUT2D eigenvalue weighted by atomic mass is 10.0. The highest BCUT2D eigenvalue weighted by Crippen LogP contribution is 2.13. The van der Waals surface area contributed by atoms with Crippen LogP contribution in [0.1, 0.15) is 181 Å². The number of hydrogen-bond donors (Lipinski definition) is 4. The molecular weight excluding hydrogens is 570 g/mol. The van der Waals surface area contributed by atoms with E-state index in [4.69, 9.17) is 0 Å². The third-order valence-electron chi connectivity index (χ3n) is 8.62. The zero-order valence-corrected chi connectivity index (χ0v) is 30.2. The molecule has 1 amide bonds. The van der Waals surface area contributed by atoms with Gasteiger partial charge in [0.05, 0.1) is 18.8 Å². The Hall–Kier alpha value is -1.69. The normalized spacial score (nSPS) is 14.3. The van der Waals surface area contributed by atoms with Crippen molar-refractivity contribution >= 4 is 5.91 Å². The van der Waals surface area contributed by atoms with Crippen molar-refractivity contribution in [1.82, 2.24) is 5.32 Å². The van der Waals surface area contributed by atoms with Gasteiger partial charge in [0.25, 0.3) is 0 Å². The Morgan fingerprint density at radius 2 is 0.891 bits per heavy atom. The number of amides is 1. The van der Waals surface area contributed by atoms with Crippen LogP contribution in [0.3, 0.4) is 0 Å². The quantitative estimate of drug-likeness (QED) is 0.0414. The van der Waals surface area contributed by atoms with Crippen LogP contribution in [0.15, 0.2) is 48.6 Å². The molecule has 46 heavy (non-hydrogen) atoms. The molecule has 268 valence electrons. The molecule has 0 spiro atoms. The van der Waals surface area contributed by atoms with Crippen molar-refractivity contribution in [2.75, 3.05) is 6.61 Å². The molecule has 3 atom stereocenters. The summed E-state index contributed by atoms with van der Waals surface area (Å²) in [4.78, 5) is 12.4. The lowest BCUT2D eigenvalue weighted by Crippen LogP contribution is -2.48. The first-order valence-electron chi connectivity index (χ1n) is 19.5. The molecule has 0 aliphatic carbocycles. The SMILES string of the molecule is CCCCCC/C=C/CC/C=C/CC/C=C/C(O)C(CO)NC(=O)C(O)CCCCCCCC/C=C\CCCCCCCCCC. The van der Waals surface area contributed by atoms with Crippen LogP contribution < -0.4 is 5.32 Å². The summed E-state index contributed by atoms with van der Waals surface area (Å²) in [5, 5.41) is 32.9. The molecule has 0 heterocycles. The Bertz CT molecular complexity index is 760. The predicted molar refractivity (Wildman–Crippen MR) is 199 cm³/mol. The Kier molecular flexibility index (Phi) is 34.8. The molecule has 0 aromatic rings. The fraction of sp³-hybridized carbons (Fsp3) is 0.780. The summed E-state index contributed by atoms with van der Waals surface area (Å²) in [5.41, 5.74) is 0. The Morgan fingerprint density at radius 1 is 0.522 bits per heavy atom. The number of allylic oxidation sites excluding steroid dienone is 7. The molecule has 4 N–H and O–H groups in total. The van der Waals surface area contributed by atoms with E-state index in [1.807, 2.05) is 6.08 Å². The molecule has 3 unspecified atom stereocenters. The fourth-order valence-corrected chi connectivity index (χ4v) is 5.50. The zero-order chi connectivity index (χ0) is 33.8. The second-order valence-electron chi connectivity index (χ2n) is 13.1. The molecule has 0 saturated heterocycles. The predicted octanol–water partition coefficient (Wildman–Crippen LogP) is 10.6. The van der Waals surface area contributed by atoms with Crippen LogP contribution >= 0.6 is 0 Å². The minimum absolute atomic E-state index is 0.385. The first-order valence-corrected chi connectivity index (χ1v) is 19.5. The van der Waals surface area contributed by atoms with Crippen LogP contribution in [0.4, 0.5) is 0 Å². The van der Waals surface area contributed by atoms with Gasteiger partial charge in [-0.1, -0.05) is 159 Å². The van der Waals surface area contributed by atoms with E-state index >= 15 is 0 Å². The lowest BCUT2D eigenvalue weighted by Gasteiger charge is -2.21. The van der Waals surface area contributed by atoms with Crippen LogP contribution in [0.2, 0.25) is 0 Å². The molecule has 0 aliphatic heterocycles. The minimum Gasteiger partial charge on any atom is -0.394 e. The third-order valence-corrected chi connectivity index (χ3v) is 8.62. The van der Waals surface area contributed by atoms with Crippen molar-refractivity contribution in [3.05, 3.63) is 48.6 Å². The van der Waals surface area contributed by atoms with E-state index in [1.165, 1.54) is 109 Å². The fourth-order valence-electron chi connectivity index (χ4n) is 5.50. The van der Waals surface area contributed by atoms with E-state index in [2.05, 4.69) is 55.6 Å². The van der Waals surface area contributed by atoms with E-state index in [9.17, 15) is 20.1 Å². The van der Waals surface area contributed by atoms with Crippen LogP contribution in [0, 0.1) is 0 Å². The van der Waals surface area contributed by atoms with Crippen molar-refractivity contribution in [2.45, 2.75) is 199 Å². The van der Waals surface area contributed by atoms with Crippen molar-refractivity contribution in [2.24, 2.45) is 0 Å². The van der Waals surface area contributed by atoms with E-state index in [0.29, 0.717) is 6.42 Å². The van der Waals surface area contributed by atoms with E-state index in [0.717, 1.165) is 51.4 Å². The number of unbranched alkanes of at least 4 members (excludes halogenated alkanes) is 20. The van der Waals surface area contributed by atoms with Gasteiger partial charge in [-0.05, 0) is 70.6 Å². The summed E-state index contributed by atoms with van der Waals surface area (Å²) >= 11 is 0. The van der Waals surface area contributed by atoms with Gasteiger partial charge in [0.15, 0.2) is 0 Å². The molecule has 0 aromatic heterocycles. The molecule has 0 saturated carbocycles. The highest BCUT2D eigenvalue weighted by atomic mass is 16.3. The second kappa shape index (κ2) is 36.2. The molecule has 5 nitrogen and oxygen atoms in total. The molecule has 0 bridgehead atoms. The van der Waals surface area contributed by atoms with Gasteiger partial charge < -0.3 is 20.6 Å². The van der Waals surface area contributed by atoms with Crippen LogP contribution in [-0.4, -0.2) is 46.1 Å². The number of aliphatic hydroxyl groups is 3. The lowest BCUT2D eigenvalue weighted by molar-refractivity contribution is -0.131. The summed E-state index contributed by atoms with van der Waals surface area (Å²) in [6, 6.07) is -0.822. The molecule has 5 heteroatoms. The van der Waals surface area contributed by atoms with Crippen molar-refractivity contribution < 1.29 is 20.1 Å². The highest BCUT2D eigenvalue weighted by Gasteiger charge is 2.22. The largest absolute Gasteiger partial charge is 0.394 e. The monoisotopic (exact) mass is 646 g/mol. The van der Waals surface area contributed by atoms with Gasteiger partial charge in [-0.15, -0.1) is 0 Å². The molecule has 0 aliphatic rings. The molecule has 0 radical (unpaired) electrons. The number of nitrogens with one attached hydrogen (secondary N) is 1. The first kappa shape index (κ1) is 44.3. The smallest absolute Gasteiger partial charge is 0.249 e. The van der Waals surface area contributed by atoms with Crippen LogP contribution in [0.25, 0.3) is 0 Å². The number of carbonyl (C=O) groups excluding carboxylic acids is 1. The van der Waals surface area contributed by atoms with Gasteiger partial charge >= 0.3 is 0 Å². The Labute approximate surface area is 285 Å². The summed E-state index contributed by atoms with van der Waals surface area (Å²) in [7, 11) is 0. The number of aliphatic hydroxyl groups excluding tert-OH is 3. The van der Waals surface area contributed by atoms with E-state index in [-0.39, 0.29) is 6.61 Å². The number of carbonyl (C=O) groups is 1. The average molecular weight is 646 g/mol. The standard InChI is InChI=1S/C41H75NO4/c1-3-5-7-9-11-13-15-17-19-20-21-22-24-26-28-30-32-34-36-40(45)41(46)42-38(37-43)39(44)35-33-31-29-27-25-23-18-16-14-12-10-8-6-4-2/h14,16,20-21,25,27,33,35,38-40,43-45H,3-13,15,17-19,22-24,26,28-32,34,36-37H2,1-2H3,(H,42,46)/b16-14+,21-20-,27-25+,35-33+. The molecule has 0 rings (SSSR count). The van der Waals surface area contributed by atoms with Crippen molar-refractivity contribution in [3.63, 3.8) is 0 Å². The maximum absolute atomic E-state index is 12.4. The van der Waals surface area contributed by atoms with Gasteiger partial charge in [0.2, 0.25) is 5.91 Å². The Balaban J connectivity index is 3.80. The average Bonchev–Trinajstić information content (AvgIpc) is 3.06. The molecule has 0 fully saturated rings. The zero-order valence-electron chi connectivity index (χ0n) is 30.2. The van der Waals surface area contributed by atoms with Crippen LogP contribution in [0.5, 0.6) is 0 Å². The summed E-state index contributed by atoms with van der Waals surface area (Å²) in [6.07, 6.45) is 45.5. The second-order valence-corrected chi connectivity index (χ2v) is 13.1. The summed E-state index contributed by atoms with van der Waals surface area (Å²) in [5.74, 6) is -0.525. The minimum atomic E-state index is -1.11. The van der Waals surface area contributed by atoms with Gasteiger partial charge in [-0.2, -0.15) is 0 Å². The first-order chi connectivity index (χ1) is 22.6. The van der Waals surface area contributed by atoms with Gasteiger partial charge in [-0.25, -0.2) is 0 Å². The van der Waals surface area contributed by atoms with E-state index in [1.54, 1.807) is 6.08 Å². The van der Waals surface area contributed by atoms with Crippen molar-refractivity contribution in [1.29, 1.82) is 0 Å². The van der Waals surface area contributed by atoms with E-state index < -0.39 is 24.2 Å². The molecular formula is C41H75NO4. The summed E-state index contributed by atoms with van der Waals surface area (Å²) in [6.45, 7) is 4.12. The maximum atomic E-state index is 12.4. The Morgan fingerprint density at radius 3 is 1.35 bits per heavy atom. The molecule has 0 aromatic carbocycles. The van der Waals surface area contributed by atoms with Crippen LogP contribution in [-0.2, 0) is 4.79 Å². The van der Waals surface area contributed by atoms with Gasteiger partial charge in [0.1, 0.15) is 6.10 Å². The maximum Gasteiger partial charge on any atom is 0.249 e. The highest BCUT2D eigenvalue weighted by molar-refractivity contribution is 5.80. The topological polar surface area (TPSA) is 89.8 Å². The number of rotatable bonds is 34. The number of hydrogen-bond acceptors (Lipinski definition) is 4. The van der Waals surface area contributed by atoms with Gasteiger partial charge in [0, 0.05) is 0 Å². The van der Waals surface area contributed by atoms with Gasteiger partial charge in [-0.3, -0.25) is 4.79 Å². The summed E-state index contributed by atoms with van der Waals surface area (Å²) < 4.78 is 0.